The molecule has 1 aromatic carbocycles. The smallest absolute Gasteiger partial charge is 0.257 e. The van der Waals surface area contributed by atoms with Gasteiger partial charge < -0.3 is 14.2 Å². The predicted octanol–water partition coefficient (Wildman–Crippen LogP) is 4.79. The second kappa shape index (κ2) is 9.64. The highest BCUT2D eigenvalue weighted by Gasteiger charge is 2.15. The van der Waals surface area contributed by atoms with Crippen LogP contribution in [0.4, 0.5) is 9.52 Å². The molecule has 0 radical (unpaired) electrons. The fourth-order valence-corrected chi connectivity index (χ4v) is 3.10. The topological polar surface area (TPSA) is 82.6 Å². The molecule has 0 unspecified atom stereocenters. The number of aromatic nitrogens is 2. The summed E-state index contributed by atoms with van der Waals surface area (Å²) in [7, 11) is 1.55. The van der Waals surface area contributed by atoms with E-state index < -0.39 is 11.7 Å². The van der Waals surface area contributed by atoms with E-state index in [9.17, 15) is 9.18 Å². The van der Waals surface area contributed by atoms with Crippen molar-refractivity contribution in [1.29, 1.82) is 0 Å². The molecule has 0 saturated carbocycles. The van der Waals surface area contributed by atoms with Crippen molar-refractivity contribution in [2.45, 2.75) is 13.0 Å². The van der Waals surface area contributed by atoms with Crippen molar-refractivity contribution in [2.75, 3.05) is 19.0 Å². The Hall–Kier alpha value is -2.75. The summed E-state index contributed by atoms with van der Waals surface area (Å²) in [6, 6.07) is 6.63. The minimum atomic E-state index is -0.560. The Balaban J connectivity index is 1.89. The lowest BCUT2D eigenvalue weighted by Gasteiger charge is -2.15. The second-order valence-corrected chi connectivity index (χ2v) is 7.25. The Morgan fingerprint density at radius 2 is 2.07 bits per heavy atom. The Morgan fingerprint density at radius 3 is 2.76 bits per heavy atom. The number of anilines is 1. The third kappa shape index (κ3) is 6.11. The lowest BCUT2D eigenvalue weighted by atomic mass is 10.2. The summed E-state index contributed by atoms with van der Waals surface area (Å²) in [5.74, 6) is -0.656. The maximum atomic E-state index is 13.6. The third-order valence-electron chi connectivity index (χ3n) is 3.48. The zero-order valence-electron chi connectivity index (χ0n) is 15.5. The molecule has 0 saturated heterocycles. The number of amides is 1. The quantitative estimate of drug-likeness (QED) is 0.545. The normalized spacial score (nSPS) is 11.7. The summed E-state index contributed by atoms with van der Waals surface area (Å²) in [5, 5.41) is 5.03. The van der Waals surface area contributed by atoms with Crippen molar-refractivity contribution < 1.29 is 23.4 Å². The SMILES string of the molecule is COC[C@@H](C)Oc1cc(C(=O)Nc2nccs2)cc(Oc2cc(F)cc(Cl)c2)n1. The highest BCUT2D eigenvalue weighted by Crippen LogP contribution is 2.28. The van der Waals surface area contributed by atoms with Gasteiger partial charge in [0.2, 0.25) is 11.8 Å². The molecule has 0 aliphatic carbocycles. The molecule has 3 rings (SSSR count). The molecule has 2 aromatic heterocycles. The van der Waals surface area contributed by atoms with Crippen LogP contribution in [0, 0.1) is 5.82 Å². The third-order valence-corrected chi connectivity index (χ3v) is 4.38. The number of benzene rings is 1. The molecule has 152 valence electrons. The summed E-state index contributed by atoms with van der Waals surface area (Å²) >= 11 is 7.15. The van der Waals surface area contributed by atoms with Crippen LogP contribution in [0.1, 0.15) is 17.3 Å². The first-order valence-electron chi connectivity index (χ1n) is 8.45. The standard InChI is InChI=1S/C19H17ClFN3O4S/c1-11(10-26-2)27-16-5-12(18(25)24-19-22-3-4-29-19)6-17(23-16)28-15-8-13(20)7-14(21)9-15/h3-9,11H,10H2,1-2H3,(H,22,24,25)/t11-/m1/s1. The first kappa shape index (κ1) is 21.0. The predicted molar refractivity (Wildman–Crippen MR) is 108 cm³/mol. The average molecular weight is 438 g/mol. The zero-order valence-corrected chi connectivity index (χ0v) is 17.1. The lowest BCUT2D eigenvalue weighted by Crippen LogP contribution is -2.19. The van der Waals surface area contributed by atoms with Crippen LogP contribution in [0.3, 0.4) is 0 Å². The minimum Gasteiger partial charge on any atom is -0.472 e. The molecule has 1 amide bonds. The van der Waals surface area contributed by atoms with Gasteiger partial charge in [-0.3, -0.25) is 10.1 Å². The van der Waals surface area contributed by atoms with Crippen LogP contribution in [0.15, 0.2) is 41.9 Å². The van der Waals surface area contributed by atoms with Gasteiger partial charge in [0.25, 0.3) is 5.91 Å². The molecule has 0 aliphatic rings. The van der Waals surface area contributed by atoms with Crippen molar-refractivity contribution in [3.8, 4) is 17.5 Å². The number of thiazole rings is 1. The van der Waals surface area contributed by atoms with Crippen molar-refractivity contribution in [2.24, 2.45) is 0 Å². The Morgan fingerprint density at radius 1 is 1.28 bits per heavy atom. The number of carbonyl (C=O) groups excluding carboxylic acids is 1. The molecule has 1 N–H and O–H groups in total. The molecule has 10 heteroatoms. The van der Waals surface area contributed by atoms with Crippen molar-refractivity contribution >= 4 is 34.0 Å². The fourth-order valence-electron chi connectivity index (χ4n) is 2.36. The highest BCUT2D eigenvalue weighted by atomic mass is 35.5. The van der Waals surface area contributed by atoms with Gasteiger partial charge in [-0.2, -0.15) is 4.98 Å². The first-order valence-corrected chi connectivity index (χ1v) is 9.71. The molecule has 2 heterocycles. The molecule has 1 atom stereocenters. The maximum Gasteiger partial charge on any atom is 0.257 e. The first-order chi connectivity index (χ1) is 13.9. The maximum absolute atomic E-state index is 13.6. The van der Waals surface area contributed by atoms with E-state index >= 15 is 0 Å². The van der Waals surface area contributed by atoms with Gasteiger partial charge in [0.05, 0.1) is 12.2 Å². The largest absolute Gasteiger partial charge is 0.472 e. The van der Waals surface area contributed by atoms with E-state index in [2.05, 4.69) is 15.3 Å². The van der Waals surface area contributed by atoms with Crippen LogP contribution >= 0.6 is 22.9 Å². The van der Waals surface area contributed by atoms with Crippen LogP contribution in [-0.4, -0.2) is 35.7 Å². The van der Waals surface area contributed by atoms with Crippen LogP contribution in [0.5, 0.6) is 17.5 Å². The van der Waals surface area contributed by atoms with Gasteiger partial charge in [-0.15, -0.1) is 11.3 Å². The van der Waals surface area contributed by atoms with Crippen LogP contribution in [0.2, 0.25) is 5.02 Å². The summed E-state index contributed by atoms with van der Waals surface area (Å²) in [4.78, 5) is 20.9. The molecule has 3 aromatic rings. The zero-order chi connectivity index (χ0) is 20.8. The summed E-state index contributed by atoms with van der Waals surface area (Å²) in [6.45, 7) is 2.12. The number of methoxy groups -OCH3 is 1. The van der Waals surface area contributed by atoms with Gasteiger partial charge in [0.15, 0.2) is 5.13 Å². The summed E-state index contributed by atoms with van der Waals surface area (Å²) in [5.41, 5.74) is 0.229. The van der Waals surface area contributed by atoms with E-state index in [-0.39, 0.29) is 34.2 Å². The number of carbonyl (C=O) groups is 1. The van der Waals surface area contributed by atoms with E-state index in [1.165, 1.54) is 29.5 Å². The molecule has 0 fully saturated rings. The van der Waals surface area contributed by atoms with Crippen molar-refractivity contribution in [3.05, 3.63) is 58.3 Å². The van der Waals surface area contributed by atoms with Gasteiger partial charge in [-0.1, -0.05) is 11.6 Å². The number of rotatable bonds is 8. The summed E-state index contributed by atoms with van der Waals surface area (Å²) < 4.78 is 29.9. The summed E-state index contributed by atoms with van der Waals surface area (Å²) in [6.07, 6.45) is 1.26. The number of nitrogens with one attached hydrogen (secondary N) is 1. The van der Waals surface area contributed by atoms with E-state index in [0.29, 0.717) is 11.7 Å². The van der Waals surface area contributed by atoms with Crippen molar-refractivity contribution in [3.63, 3.8) is 0 Å². The molecular formula is C19H17ClFN3O4S. The van der Waals surface area contributed by atoms with E-state index in [1.807, 2.05) is 0 Å². The molecule has 0 aliphatic heterocycles. The molecule has 29 heavy (non-hydrogen) atoms. The Bertz CT molecular complexity index is 967. The molecule has 7 nitrogen and oxygen atoms in total. The van der Waals surface area contributed by atoms with Crippen LogP contribution < -0.4 is 14.8 Å². The number of nitrogens with zero attached hydrogens (tertiary/aromatic N) is 2. The Labute approximate surface area is 175 Å². The van der Waals surface area contributed by atoms with E-state index in [1.54, 1.807) is 25.6 Å². The fraction of sp³-hybridized carbons (Fsp3) is 0.211. The molecule has 0 spiro atoms. The van der Waals surface area contributed by atoms with E-state index in [0.717, 1.165) is 12.1 Å². The number of pyridine rings is 1. The van der Waals surface area contributed by atoms with Crippen molar-refractivity contribution in [1.82, 2.24) is 9.97 Å². The van der Waals surface area contributed by atoms with Gasteiger partial charge in [-0.05, 0) is 19.1 Å². The van der Waals surface area contributed by atoms with Gasteiger partial charge in [-0.25, -0.2) is 9.37 Å². The number of halogens is 2. The number of hydrogen-bond acceptors (Lipinski definition) is 7. The van der Waals surface area contributed by atoms with E-state index in [4.69, 9.17) is 25.8 Å². The van der Waals surface area contributed by atoms with Crippen LogP contribution in [0.25, 0.3) is 0 Å². The second-order valence-electron chi connectivity index (χ2n) is 5.91. The minimum absolute atomic E-state index is 0.0399. The monoisotopic (exact) mass is 437 g/mol. The number of ether oxygens (including phenoxy) is 3. The average Bonchev–Trinajstić information content (AvgIpc) is 3.13. The highest BCUT2D eigenvalue weighted by molar-refractivity contribution is 7.13. The lowest BCUT2D eigenvalue weighted by molar-refractivity contribution is 0.0882. The Kier molecular flexibility index (Phi) is 6.97. The number of hydrogen-bond donors (Lipinski definition) is 1. The molecular weight excluding hydrogens is 421 g/mol. The van der Waals surface area contributed by atoms with Gasteiger partial charge >= 0.3 is 0 Å². The van der Waals surface area contributed by atoms with Gasteiger partial charge in [0, 0.05) is 41.9 Å². The van der Waals surface area contributed by atoms with Crippen LogP contribution in [-0.2, 0) is 4.74 Å². The molecule has 0 bridgehead atoms. The van der Waals surface area contributed by atoms with Gasteiger partial charge in [0.1, 0.15) is 17.7 Å².